The molecule has 3 rings (SSSR count). The van der Waals surface area contributed by atoms with Crippen molar-refractivity contribution in [3.63, 3.8) is 0 Å². The van der Waals surface area contributed by atoms with Gasteiger partial charge >= 0.3 is 0 Å². The Kier molecular flexibility index (Phi) is 7.18. The fourth-order valence-corrected chi connectivity index (χ4v) is 4.94. The zero-order valence-electron chi connectivity index (χ0n) is 17.3. The van der Waals surface area contributed by atoms with Crippen molar-refractivity contribution in [2.24, 2.45) is 0 Å². The summed E-state index contributed by atoms with van der Waals surface area (Å²) in [6, 6.07) is 7.69. The van der Waals surface area contributed by atoms with E-state index >= 15 is 0 Å². The van der Waals surface area contributed by atoms with Gasteiger partial charge in [-0.05, 0) is 37.1 Å². The van der Waals surface area contributed by atoms with E-state index < -0.39 is 32.8 Å². The first-order valence-electron chi connectivity index (χ1n) is 9.65. The van der Waals surface area contributed by atoms with Crippen LogP contribution in [0.4, 0.5) is 5.82 Å². The lowest BCUT2D eigenvalue weighted by atomic mass is 10.2. The molecule has 10 nitrogen and oxygen atoms in total. The lowest BCUT2D eigenvalue weighted by Gasteiger charge is -2.23. The molecule has 2 aromatic heterocycles. The van der Waals surface area contributed by atoms with Crippen molar-refractivity contribution in [2.75, 3.05) is 38.0 Å². The van der Waals surface area contributed by atoms with E-state index in [2.05, 4.69) is 15.3 Å². The largest absolute Gasteiger partial charge is 0.493 e. The van der Waals surface area contributed by atoms with Crippen molar-refractivity contribution in [3.8, 4) is 5.75 Å². The summed E-state index contributed by atoms with van der Waals surface area (Å²) in [4.78, 5) is 34.5. The number of amides is 2. The van der Waals surface area contributed by atoms with Gasteiger partial charge in [0.25, 0.3) is 5.91 Å². The highest BCUT2D eigenvalue weighted by atomic mass is 32.2. The highest BCUT2D eigenvalue weighted by Crippen LogP contribution is 2.39. The van der Waals surface area contributed by atoms with Crippen LogP contribution < -0.4 is 15.0 Å². The van der Waals surface area contributed by atoms with Gasteiger partial charge in [-0.15, -0.1) is 0 Å². The minimum Gasteiger partial charge on any atom is -0.493 e. The van der Waals surface area contributed by atoms with Gasteiger partial charge < -0.3 is 14.8 Å². The average molecular weight is 449 g/mol. The maximum absolute atomic E-state index is 12.8. The lowest BCUT2D eigenvalue weighted by molar-refractivity contribution is -0.115. The molecule has 1 fully saturated rings. The van der Waals surface area contributed by atoms with Gasteiger partial charge in [-0.1, -0.05) is 6.07 Å². The Bertz CT molecular complexity index is 1060. The number of rotatable bonds is 9. The summed E-state index contributed by atoms with van der Waals surface area (Å²) >= 11 is 0. The summed E-state index contributed by atoms with van der Waals surface area (Å²) in [6.07, 6.45) is 2.97. The number of pyridine rings is 2. The van der Waals surface area contributed by atoms with Gasteiger partial charge in [0.1, 0.15) is 11.4 Å². The molecule has 31 heavy (non-hydrogen) atoms. The summed E-state index contributed by atoms with van der Waals surface area (Å²) in [6.45, 7) is 1.04. The van der Waals surface area contributed by atoms with Crippen LogP contribution in [0.3, 0.4) is 0 Å². The van der Waals surface area contributed by atoms with Gasteiger partial charge in [0.2, 0.25) is 5.91 Å². The molecule has 0 unspecified atom stereocenters. The van der Waals surface area contributed by atoms with Gasteiger partial charge in [-0.3, -0.25) is 14.5 Å². The highest BCUT2D eigenvalue weighted by molar-refractivity contribution is 7.93. The fourth-order valence-electron chi connectivity index (χ4n) is 3.26. The number of nitrogens with one attached hydrogen (secondary N) is 1. The molecule has 2 amide bonds. The maximum atomic E-state index is 12.8. The Balaban J connectivity index is 1.90. The number of unbranched alkanes of at least 4 members (excludes halogenated alkanes) is 1. The molecule has 0 spiro atoms. The van der Waals surface area contributed by atoms with Crippen molar-refractivity contribution in [1.82, 2.24) is 15.3 Å². The van der Waals surface area contributed by atoms with Gasteiger partial charge in [0.05, 0.1) is 12.8 Å². The second-order valence-electron chi connectivity index (χ2n) is 6.86. The number of carbonyl (C=O) groups excluding carboxylic acids is 2. The highest BCUT2D eigenvalue weighted by Gasteiger charge is 2.48. The van der Waals surface area contributed by atoms with E-state index in [0.29, 0.717) is 13.2 Å². The molecule has 2 aromatic rings. The summed E-state index contributed by atoms with van der Waals surface area (Å²) in [5, 5.41) is 1.34. The predicted molar refractivity (Wildman–Crippen MR) is 112 cm³/mol. The van der Waals surface area contributed by atoms with Crippen molar-refractivity contribution in [3.05, 3.63) is 47.9 Å². The standard InChI is InChI=1S/C20H24N4O6S/c1-29-12-4-3-10-22-19(26)14-7-5-8-15(23-14)20-24(17(25)13-31(20,27)28)18-16(30-2)9-6-11-21-18/h5-9,11,20H,3-4,10,12-13H2,1-2H3,(H,22,26)/t20-/m1/s1. The molecule has 1 saturated heterocycles. The Hall–Kier alpha value is -3.05. The molecule has 1 N–H and O–H groups in total. The minimum atomic E-state index is -3.91. The molecular formula is C20H24N4O6S. The SMILES string of the molecule is COCCCCNC(=O)c1cccc([C@@H]2N(c3ncccc3OC)C(=O)CS2(=O)=O)n1. The van der Waals surface area contributed by atoms with Gasteiger partial charge in [0, 0.05) is 26.5 Å². The maximum Gasteiger partial charge on any atom is 0.269 e. The number of ether oxygens (including phenoxy) is 2. The number of methoxy groups -OCH3 is 2. The molecule has 0 aliphatic carbocycles. The average Bonchev–Trinajstić information content (AvgIpc) is 3.01. The zero-order valence-corrected chi connectivity index (χ0v) is 18.1. The molecule has 0 bridgehead atoms. The Labute approximate surface area is 180 Å². The van der Waals surface area contributed by atoms with Crippen LogP contribution in [0, 0.1) is 0 Å². The lowest BCUT2D eigenvalue weighted by Crippen LogP contribution is -2.31. The molecule has 1 aliphatic heterocycles. The van der Waals surface area contributed by atoms with Crippen molar-refractivity contribution in [1.29, 1.82) is 0 Å². The van der Waals surface area contributed by atoms with Crippen molar-refractivity contribution < 1.29 is 27.5 Å². The van der Waals surface area contributed by atoms with Crippen LogP contribution in [0.2, 0.25) is 0 Å². The van der Waals surface area contributed by atoms with E-state index in [1.165, 1.54) is 31.5 Å². The smallest absolute Gasteiger partial charge is 0.269 e. The van der Waals surface area contributed by atoms with Crippen LogP contribution >= 0.6 is 0 Å². The second-order valence-corrected chi connectivity index (χ2v) is 8.92. The first-order chi connectivity index (χ1) is 14.9. The topological polar surface area (TPSA) is 128 Å². The number of hydrogen-bond acceptors (Lipinski definition) is 8. The Morgan fingerprint density at radius 2 is 2.03 bits per heavy atom. The summed E-state index contributed by atoms with van der Waals surface area (Å²) in [5.74, 6) is -1.42. The number of anilines is 1. The van der Waals surface area contributed by atoms with E-state index in [4.69, 9.17) is 9.47 Å². The predicted octanol–water partition coefficient (Wildman–Crippen LogP) is 1.10. The molecule has 1 aliphatic rings. The van der Waals surface area contributed by atoms with Gasteiger partial charge in [0.15, 0.2) is 26.8 Å². The molecule has 0 aromatic carbocycles. The molecule has 1 atom stereocenters. The fraction of sp³-hybridized carbons (Fsp3) is 0.400. The first-order valence-corrected chi connectivity index (χ1v) is 11.4. The third-order valence-corrected chi connectivity index (χ3v) is 6.47. The Morgan fingerprint density at radius 3 is 2.77 bits per heavy atom. The number of carbonyl (C=O) groups is 2. The number of sulfone groups is 1. The number of aromatic nitrogens is 2. The number of nitrogens with zero attached hydrogens (tertiary/aromatic N) is 3. The second kappa shape index (κ2) is 9.84. The van der Waals surface area contributed by atoms with Crippen LogP contribution in [0.15, 0.2) is 36.5 Å². The van der Waals surface area contributed by atoms with Crippen LogP contribution in [-0.2, 0) is 19.4 Å². The monoisotopic (exact) mass is 448 g/mol. The normalized spacial score (nSPS) is 17.5. The third kappa shape index (κ3) is 5.00. The Morgan fingerprint density at radius 1 is 1.23 bits per heavy atom. The zero-order chi connectivity index (χ0) is 22.4. The number of hydrogen-bond donors (Lipinski definition) is 1. The van der Waals surface area contributed by atoms with E-state index in [9.17, 15) is 18.0 Å². The molecule has 3 heterocycles. The third-order valence-electron chi connectivity index (χ3n) is 4.68. The van der Waals surface area contributed by atoms with Gasteiger partial charge in [-0.25, -0.2) is 18.4 Å². The molecular weight excluding hydrogens is 424 g/mol. The van der Waals surface area contributed by atoms with Gasteiger partial charge in [-0.2, -0.15) is 0 Å². The summed E-state index contributed by atoms with van der Waals surface area (Å²) < 4.78 is 35.9. The van der Waals surface area contributed by atoms with E-state index in [-0.39, 0.29) is 23.0 Å². The van der Waals surface area contributed by atoms with Crippen LogP contribution in [0.25, 0.3) is 0 Å². The van der Waals surface area contributed by atoms with Crippen LogP contribution in [0.5, 0.6) is 5.75 Å². The van der Waals surface area contributed by atoms with Crippen LogP contribution in [-0.4, -0.2) is 63.3 Å². The van der Waals surface area contributed by atoms with E-state index in [1.807, 2.05) is 0 Å². The minimum absolute atomic E-state index is 0.0607. The van der Waals surface area contributed by atoms with E-state index in [0.717, 1.165) is 17.7 Å². The molecule has 0 radical (unpaired) electrons. The summed E-state index contributed by atoms with van der Waals surface area (Å²) in [5.41, 5.74) is 0.123. The molecule has 0 saturated carbocycles. The van der Waals surface area contributed by atoms with Crippen molar-refractivity contribution >= 4 is 27.5 Å². The van der Waals surface area contributed by atoms with Crippen molar-refractivity contribution in [2.45, 2.75) is 18.2 Å². The molecule has 166 valence electrons. The summed E-state index contributed by atoms with van der Waals surface area (Å²) in [7, 11) is -0.895. The van der Waals surface area contributed by atoms with Crippen LogP contribution in [0.1, 0.15) is 34.4 Å². The quantitative estimate of drug-likeness (QED) is 0.565. The molecule has 11 heteroatoms. The van der Waals surface area contributed by atoms with E-state index in [1.54, 1.807) is 19.2 Å². The first kappa shape index (κ1) is 22.6.